The Morgan fingerprint density at radius 1 is 1.22 bits per heavy atom. The van der Waals surface area contributed by atoms with Crippen molar-refractivity contribution >= 4 is 11.9 Å². The van der Waals surface area contributed by atoms with Crippen molar-refractivity contribution in [3.63, 3.8) is 0 Å². The molecular formula is C14H18N2O7. The summed E-state index contributed by atoms with van der Waals surface area (Å²) < 4.78 is 17.3. The van der Waals surface area contributed by atoms with Gasteiger partial charge in [0.05, 0.1) is 0 Å². The summed E-state index contributed by atoms with van der Waals surface area (Å²) in [6.45, 7) is 4.25. The van der Waals surface area contributed by atoms with Gasteiger partial charge in [-0.15, -0.1) is 0 Å². The van der Waals surface area contributed by atoms with Crippen LogP contribution in [-0.2, 0) is 23.8 Å². The van der Waals surface area contributed by atoms with E-state index < -0.39 is 47.7 Å². The topological polar surface area (TPSA) is 117 Å². The summed E-state index contributed by atoms with van der Waals surface area (Å²) in [6.07, 6.45) is -1.67. The van der Waals surface area contributed by atoms with Crippen LogP contribution in [0.25, 0.3) is 0 Å². The van der Waals surface area contributed by atoms with Gasteiger partial charge in [-0.05, 0) is 6.42 Å². The first-order valence-electron chi connectivity index (χ1n) is 7.14. The molecule has 9 heteroatoms. The summed E-state index contributed by atoms with van der Waals surface area (Å²) >= 11 is 0. The molecule has 0 radical (unpaired) electrons. The number of nitrogens with one attached hydrogen (secondary N) is 1. The summed E-state index contributed by atoms with van der Waals surface area (Å²) in [5.41, 5.74) is -1.27. The van der Waals surface area contributed by atoms with E-state index in [-0.39, 0.29) is 0 Å². The Hall–Kier alpha value is -2.42. The summed E-state index contributed by atoms with van der Waals surface area (Å²) in [6, 6.07) is 1.15. The van der Waals surface area contributed by atoms with E-state index in [4.69, 9.17) is 14.2 Å². The fraction of sp³-hybridized carbons (Fsp3) is 0.571. The molecule has 2 heterocycles. The molecule has 0 amide bonds. The minimum atomic E-state index is -1.00. The second kappa shape index (κ2) is 6.78. The molecule has 1 aliphatic rings. The fourth-order valence-corrected chi connectivity index (χ4v) is 2.54. The second-order valence-electron chi connectivity index (χ2n) is 5.14. The van der Waals surface area contributed by atoms with Gasteiger partial charge < -0.3 is 14.2 Å². The molecule has 0 aromatic carbocycles. The van der Waals surface area contributed by atoms with Crippen molar-refractivity contribution < 1.29 is 23.8 Å². The van der Waals surface area contributed by atoms with Crippen molar-refractivity contribution in [1.29, 1.82) is 0 Å². The smallest absolute Gasteiger partial charge is 0.330 e. The number of H-pyrrole nitrogens is 1. The largest absolute Gasteiger partial charge is 0.456 e. The average molecular weight is 326 g/mol. The number of hydrogen-bond acceptors (Lipinski definition) is 7. The number of aromatic nitrogens is 2. The van der Waals surface area contributed by atoms with Crippen LogP contribution in [0, 0.1) is 0 Å². The molecule has 0 bridgehead atoms. The molecule has 1 saturated heterocycles. The quantitative estimate of drug-likeness (QED) is 0.755. The van der Waals surface area contributed by atoms with E-state index in [1.54, 1.807) is 0 Å². The minimum Gasteiger partial charge on any atom is -0.456 e. The van der Waals surface area contributed by atoms with Crippen LogP contribution in [0.3, 0.4) is 0 Å². The first kappa shape index (κ1) is 16.9. The highest BCUT2D eigenvalue weighted by Gasteiger charge is 2.49. The molecule has 0 spiro atoms. The molecule has 1 fully saturated rings. The first-order valence-corrected chi connectivity index (χ1v) is 7.14. The Balaban J connectivity index is 2.43. The van der Waals surface area contributed by atoms with Crippen molar-refractivity contribution in [2.24, 2.45) is 0 Å². The van der Waals surface area contributed by atoms with Gasteiger partial charge in [0.15, 0.2) is 18.4 Å². The molecular weight excluding hydrogens is 308 g/mol. The number of nitrogens with zero attached hydrogens (tertiary/aromatic N) is 1. The van der Waals surface area contributed by atoms with Gasteiger partial charge in [-0.3, -0.25) is 23.9 Å². The number of esters is 2. The van der Waals surface area contributed by atoms with Crippen LogP contribution < -0.4 is 11.2 Å². The lowest BCUT2D eigenvalue weighted by Crippen LogP contribution is -2.41. The summed E-state index contributed by atoms with van der Waals surface area (Å²) in [7, 11) is 0. The Labute approximate surface area is 131 Å². The van der Waals surface area contributed by atoms with Crippen LogP contribution in [0.15, 0.2) is 21.9 Å². The van der Waals surface area contributed by atoms with Gasteiger partial charge in [0.2, 0.25) is 0 Å². The van der Waals surface area contributed by atoms with Crippen LogP contribution in [0.1, 0.15) is 33.4 Å². The third-order valence-corrected chi connectivity index (χ3v) is 3.42. The van der Waals surface area contributed by atoms with E-state index in [1.165, 1.54) is 20.0 Å². The molecule has 9 nitrogen and oxygen atoms in total. The van der Waals surface area contributed by atoms with Crippen molar-refractivity contribution in [2.45, 2.75) is 51.7 Å². The third-order valence-electron chi connectivity index (χ3n) is 3.42. The summed E-state index contributed by atoms with van der Waals surface area (Å²) in [4.78, 5) is 47.9. The molecule has 126 valence electrons. The Morgan fingerprint density at radius 2 is 1.83 bits per heavy atom. The maximum absolute atomic E-state index is 12.0. The summed E-state index contributed by atoms with van der Waals surface area (Å²) in [5, 5.41) is 0. The molecule has 2 rings (SSSR count). The standard InChI is InChI=1S/C14H18N2O7/c1-4-9-11(21-7(2)17)12(22-8(3)18)13(23-9)16-6-5-10(19)15-14(16)20/h5-6,9,11-13H,4H2,1-3H3,(H,15,19,20)/t9?,11-,12?,13?/m0/s1. The van der Waals surface area contributed by atoms with Gasteiger partial charge in [-0.25, -0.2) is 4.79 Å². The zero-order chi connectivity index (χ0) is 17.1. The lowest BCUT2D eigenvalue weighted by Gasteiger charge is -2.23. The number of ether oxygens (including phenoxy) is 3. The van der Waals surface area contributed by atoms with Gasteiger partial charge in [-0.2, -0.15) is 0 Å². The van der Waals surface area contributed by atoms with Crippen molar-refractivity contribution in [3.05, 3.63) is 33.1 Å². The Kier molecular flexibility index (Phi) is 4.99. The maximum atomic E-state index is 12.0. The zero-order valence-corrected chi connectivity index (χ0v) is 13.0. The molecule has 1 N–H and O–H groups in total. The predicted molar refractivity (Wildman–Crippen MR) is 76.6 cm³/mol. The molecule has 23 heavy (non-hydrogen) atoms. The predicted octanol–water partition coefficient (Wildman–Crippen LogP) is -0.293. The Morgan fingerprint density at radius 3 is 2.35 bits per heavy atom. The lowest BCUT2D eigenvalue weighted by molar-refractivity contribution is -0.165. The van der Waals surface area contributed by atoms with Crippen LogP contribution in [0.5, 0.6) is 0 Å². The summed E-state index contributed by atoms with van der Waals surface area (Å²) in [5.74, 6) is -1.15. The van der Waals surface area contributed by atoms with E-state index in [1.807, 2.05) is 6.92 Å². The van der Waals surface area contributed by atoms with Crippen LogP contribution >= 0.6 is 0 Å². The van der Waals surface area contributed by atoms with Crippen molar-refractivity contribution in [3.8, 4) is 0 Å². The molecule has 1 aliphatic heterocycles. The number of hydrogen-bond donors (Lipinski definition) is 1. The van der Waals surface area contributed by atoms with E-state index in [0.717, 1.165) is 10.6 Å². The van der Waals surface area contributed by atoms with Crippen molar-refractivity contribution in [2.75, 3.05) is 0 Å². The molecule has 0 aliphatic carbocycles. The van der Waals surface area contributed by atoms with Gasteiger partial charge in [0, 0.05) is 26.1 Å². The Bertz CT molecular complexity index is 708. The SMILES string of the molecule is CCC1OC(n2ccc(=O)[nH]c2=O)C(OC(C)=O)[C@H]1OC(C)=O. The number of aromatic amines is 1. The second-order valence-corrected chi connectivity index (χ2v) is 5.14. The highest BCUT2D eigenvalue weighted by Crippen LogP contribution is 2.34. The highest BCUT2D eigenvalue weighted by atomic mass is 16.6. The van der Waals surface area contributed by atoms with E-state index in [0.29, 0.717) is 6.42 Å². The van der Waals surface area contributed by atoms with Gasteiger partial charge in [0.1, 0.15) is 6.10 Å². The van der Waals surface area contributed by atoms with E-state index in [2.05, 4.69) is 4.98 Å². The van der Waals surface area contributed by atoms with E-state index >= 15 is 0 Å². The average Bonchev–Trinajstić information content (AvgIpc) is 2.76. The number of rotatable bonds is 4. The molecule has 3 unspecified atom stereocenters. The molecule has 1 aromatic heterocycles. The maximum Gasteiger partial charge on any atom is 0.330 e. The van der Waals surface area contributed by atoms with E-state index in [9.17, 15) is 19.2 Å². The zero-order valence-electron chi connectivity index (χ0n) is 13.0. The molecule has 0 saturated carbocycles. The normalized spacial score (nSPS) is 26.7. The first-order chi connectivity index (χ1) is 10.8. The minimum absolute atomic E-state index is 0.477. The van der Waals surface area contributed by atoms with Crippen molar-refractivity contribution in [1.82, 2.24) is 9.55 Å². The van der Waals surface area contributed by atoms with Gasteiger partial charge in [-0.1, -0.05) is 6.92 Å². The third kappa shape index (κ3) is 3.67. The number of carbonyl (C=O) groups excluding carboxylic acids is 2. The monoisotopic (exact) mass is 326 g/mol. The lowest BCUT2D eigenvalue weighted by atomic mass is 10.1. The van der Waals surface area contributed by atoms with Crippen LogP contribution in [0.4, 0.5) is 0 Å². The fourth-order valence-electron chi connectivity index (χ4n) is 2.54. The van der Waals surface area contributed by atoms with Crippen LogP contribution in [-0.4, -0.2) is 39.8 Å². The van der Waals surface area contributed by atoms with Crippen LogP contribution in [0.2, 0.25) is 0 Å². The molecule has 4 atom stereocenters. The van der Waals surface area contributed by atoms with Gasteiger partial charge in [0.25, 0.3) is 5.56 Å². The number of carbonyl (C=O) groups is 2. The molecule has 1 aromatic rings. The van der Waals surface area contributed by atoms with Gasteiger partial charge >= 0.3 is 17.6 Å². The highest BCUT2D eigenvalue weighted by molar-refractivity contribution is 5.67.